The molecule has 2 nitrogen and oxygen atoms in total. The van der Waals surface area contributed by atoms with Gasteiger partial charge in [0, 0.05) is 17.3 Å². The van der Waals surface area contributed by atoms with Crippen LogP contribution in [0.25, 0.3) is 0 Å². The van der Waals surface area contributed by atoms with Crippen LogP contribution in [0.3, 0.4) is 0 Å². The molecule has 4 N–H and O–H groups in total. The van der Waals surface area contributed by atoms with Crippen LogP contribution in [0.4, 0.5) is 11.4 Å². The molecule has 0 amide bonds. The van der Waals surface area contributed by atoms with E-state index in [0.717, 1.165) is 16.9 Å². The van der Waals surface area contributed by atoms with Gasteiger partial charge >= 0.3 is 0 Å². The number of rotatable bonds is 1. The summed E-state index contributed by atoms with van der Waals surface area (Å²) >= 11 is 0. The maximum absolute atomic E-state index is 6.20. The Bertz CT molecular complexity index is 744. The normalized spacial score (nSPS) is 22.6. The number of hydrogen-bond donors (Lipinski definition) is 2. The van der Waals surface area contributed by atoms with Crippen LogP contribution in [0.5, 0.6) is 0 Å². The third kappa shape index (κ3) is 2.01. The van der Waals surface area contributed by atoms with Gasteiger partial charge in [0.1, 0.15) is 0 Å². The second kappa shape index (κ2) is 4.77. The fourth-order valence-electron chi connectivity index (χ4n) is 3.81. The van der Waals surface area contributed by atoms with E-state index in [0.29, 0.717) is 11.8 Å². The predicted molar refractivity (Wildman–Crippen MR) is 95.2 cm³/mol. The molecule has 116 valence electrons. The van der Waals surface area contributed by atoms with Gasteiger partial charge in [-0.15, -0.1) is 0 Å². The molecule has 1 aliphatic rings. The molecule has 0 fully saturated rings. The van der Waals surface area contributed by atoms with Gasteiger partial charge in [-0.05, 0) is 65.1 Å². The SMILES string of the molecule is Cc1ccc(C2c3cc(N)c(C)cc3C(C)(C)C2C)cc1N. The van der Waals surface area contributed by atoms with Crippen molar-refractivity contribution in [3.05, 3.63) is 58.1 Å². The molecule has 0 heterocycles. The van der Waals surface area contributed by atoms with Crippen LogP contribution in [0.1, 0.15) is 54.5 Å². The van der Waals surface area contributed by atoms with Gasteiger partial charge in [-0.2, -0.15) is 0 Å². The monoisotopic (exact) mass is 294 g/mol. The molecule has 0 saturated heterocycles. The minimum absolute atomic E-state index is 0.137. The summed E-state index contributed by atoms with van der Waals surface area (Å²) in [4.78, 5) is 0. The molecule has 0 aromatic heterocycles. The highest BCUT2D eigenvalue weighted by Gasteiger charge is 2.44. The Balaban J connectivity index is 2.22. The molecule has 0 radical (unpaired) electrons. The van der Waals surface area contributed by atoms with Crippen LogP contribution in [0, 0.1) is 19.8 Å². The first-order valence-electron chi connectivity index (χ1n) is 8.00. The van der Waals surface area contributed by atoms with Crippen molar-refractivity contribution in [2.75, 3.05) is 11.5 Å². The third-order valence-corrected chi connectivity index (χ3v) is 5.77. The summed E-state index contributed by atoms with van der Waals surface area (Å²) in [7, 11) is 0. The first kappa shape index (κ1) is 15.0. The Morgan fingerprint density at radius 3 is 2.18 bits per heavy atom. The van der Waals surface area contributed by atoms with E-state index >= 15 is 0 Å². The molecule has 1 aliphatic carbocycles. The van der Waals surface area contributed by atoms with Crippen molar-refractivity contribution in [3.8, 4) is 0 Å². The number of anilines is 2. The van der Waals surface area contributed by atoms with Crippen molar-refractivity contribution in [2.45, 2.75) is 46.0 Å². The smallest absolute Gasteiger partial charge is 0.0346 e. The second-order valence-corrected chi connectivity index (χ2v) is 7.40. The lowest BCUT2D eigenvalue weighted by Crippen LogP contribution is -2.23. The number of aryl methyl sites for hydroxylation is 2. The highest BCUT2D eigenvalue weighted by atomic mass is 14.6. The van der Waals surface area contributed by atoms with Gasteiger partial charge in [0.25, 0.3) is 0 Å². The second-order valence-electron chi connectivity index (χ2n) is 7.40. The van der Waals surface area contributed by atoms with E-state index in [1.165, 1.54) is 22.3 Å². The number of fused-ring (bicyclic) bond motifs is 1. The van der Waals surface area contributed by atoms with Gasteiger partial charge < -0.3 is 11.5 Å². The number of nitrogen functional groups attached to an aromatic ring is 2. The lowest BCUT2D eigenvalue weighted by molar-refractivity contribution is 0.352. The molecule has 2 aromatic carbocycles. The van der Waals surface area contributed by atoms with Gasteiger partial charge in [-0.25, -0.2) is 0 Å². The van der Waals surface area contributed by atoms with Crippen molar-refractivity contribution in [1.29, 1.82) is 0 Å². The Kier molecular flexibility index (Phi) is 3.24. The number of nitrogens with two attached hydrogens (primary N) is 2. The molecule has 2 unspecified atom stereocenters. The molecule has 0 aliphatic heterocycles. The predicted octanol–water partition coefficient (Wildman–Crippen LogP) is 4.53. The van der Waals surface area contributed by atoms with Crippen molar-refractivity contribution >= 4 is 11.4 Å². The molecular weight excluding hydrogens is 268 g/mol. The summed E-state index contributed by atoms with van der Waals surface area (Å²) in [5.74, 6) is 0.863. The third-order valence-electron chi connectivity index (χ3n) is 5.77. The summed E-state index contributed by atoms with van der Waals surface area (Å²) in [6.07, 6.45) is 0. The van der Waals surface area contributed by atoms with E-state index in [9.17, 15) is 0 Å². The van der Waals surface area contributed by atoms with Gasteiger partial charge in [0.05, 0.1) is 0 Å². The van der Waals surface area contributed by atoms with E-state index in [1.807, 2.05) is 0 Å². The average Bonchev–Trinajstić information content (AvgIpc) is 2.63. The van der Waals surface area contributed by atoms with Crippen LogP contribution in [0.15, 0.2) is 30.3 Å². The highest BCUT2D eigenvalue weighted by Crippen LogP contribution is 2.53. The molecule has 2 atom stereocenters. The maximum Gasteiger partial charge on any atom is 0.0346 e. The van der Waals surface area contributed by atoms with Crippen LogP contribution in [-0.4, -0.2) is 0 Å². The van der Waals surface area contributed by atoms with Crippen LogP contribution in [0.2, 0.25) is 0 Å². The lowest BCUT2D eigenvalue weighted by Gasteiger charge is -2.28. The fraction of sp³-hybridized carbons (Fsp3) is 0.400. The van der Waals surface area contributed by atoms with E-state index in [1.54, 1.807) is 0 Å². The minimum atomic E-state index is 0.137. The Labute approximate surface area is 133 Å². The van der Waals surface area contributed by atoms with Crippen molar-refractivity contribution in [3.63, 3.8) is 0 Å². The summed E-state index contributed by atoms with van der Waals surface area (Å²) in [6.45, 7) is 11.2. The van der Waals surface area contributed by atoms with Crippen LogP contribution >= 0.6 is 0 Å². The highest BCUT2D eigenvalue weighted by molar-refractivity contribution is 5.60. The zero-order valence-corrected chi connectivity index (χ0v) is 14.2. The minimum Gasteiger partial charge on any atom is -0.399 e. The molecular formula is C20H26N2. The van der Waals surface area contributed by atoms with Gasteiger partial charge in [-0.3, -0.25) is 0 Å². The lowest BCUT2D eigenvalue weighted by atomic mass is 9.75. The van der Waals surface area contributed by atoms with Crippen molar-refractivity contribution < 1.29 is 0 Å². The molecule has 0 saturated carbocycles. The molecule has 0 spiro atoms. The zero-order chi connectivity index (χ0) is 16.2. The van der Waals surface area contributed by atoms with Gasteiger partial charge in [-0.1, -0.05) is 39.0 Å². The Morgan fingerprint density at radius 1 is 0.909 bits per heavy atom. The van der Waals surface area contributed by atoms with Gasteiger partial charge in [0.2, 0.25) is 0 Å². The summed E-state index contributed by atoms with van der Waals surface area (Å²) in [5, 5.41) is 0. The molecule has 3 rings (SSSR count). The number of hydrogen-bond acceptors (Lipinski definition) is 2. The fourth-order valence-corrected chi connectivity index (χ4v) is 3.81. The van der Waals surface area contributed by atoms with E-state index in [2.05, 4.69) is 65.0 Å². The largest absolute Gasteiger partial charge is 0.399 e. The topological polar surface area (TPSA) is 52.0 Å². The zero-order valence-electron chi connectivity index (χ0n) is 14.2. The van der Waals surface area contributed by atoms with Crippen molar-refractivity contribution in [2.24, 2.45) is 5.92 Å². The molecule has 0 bridgehead atoms. The van der Waals surface area contributed by atoms with E-state index in [-0.39, 0.29) is 5.41 Å². The Hall–Kier alpha value is -1.96. The quantitative estimate of drug-likeness (QED) is 0.759. The summed E-state index contributed by atoms with van der Waals surface area (Å²) in [5.41, 5.74) is 20.6. The summed E-state index contributed by atoms with van der Waals surface area (Å²) < 4.78 is 0. The first-order chi connectivity index (χ1) is 10.2. The van der Waals surface area contributed by atoms with Crippen LogP contribution in [-0.2, 0) is 5.41 Å². The maximum atomic E-state index is 6.20. The molecule has 2 aromatic rings. The van der Waals surface area contributed by atoms with E-state index < -0.39 is 0 Å². The van der Waals surface area contributed by atoms with Crippen LogP contribution < -0.4 is 11.5 Å². The van der Waals surface area contributed by atoms with Gasteiger partial charge in [0.15, 0.2) is 0 Å². The summed E-state index contributed by atoms with van der Waals surface area (Å²) in [6, 6.07) is 10.9. The molecule has 2 heteroatoms. The standard InChI is InChI=1S/C20H26N2/c1-11-6-7-14(9-17(11)21)19-13(3)20(4,5)16-8-12(2)18(22)10-15(16)19/h6-10,13,19H,21-22H2,1-5H3. The van der Waals surface area contributed by atoms with E-state index in [4.69, 9.17) is 11.5 Å². The first-order valence-corrected chi connectivity index (χ1v) is 8.00. The molecule has 22 heavy (non-hydrogen) atoms. The Morgan fingerprint density at radius 2 is 1.55 bits per heavy atom. The average molecular weight is 294 g/mol. The van der Waals surface area contributed by atoms with Crippen molar-refractivity contribution in [1.82, 2.24) is 0 Å². The number of benzene rings is 2.